The monoisotopic (exact) mass is 430 g/mol. The van der Waals surface area contributed by atoms with Gasteiger partial charge in [-0.1, -0.05) is 62.4 Å². The molecule has 0 saturated heterocycles. The van der Waals surface area contributed by atoms with E-state index in [0.29, 0.717) is 11.4 Å². The van der Waals surface area contributed by atoms with Crippen molar-refractivity contribution in [3.63, 3.8) is 0 Å². The minimum Gasteiger partial charge on any atom is -0.379 e. The number of hydrogen-bond acceptors (Lipinski definition) is 3. The first-order chi connectivity index (χ1) is 15.4. The molecule has 0 aliphatic rings. The van der Waals surface area contributed by atoms with Gasteiger partial charge in [-0.2, -0.15) is 0 Å². The molecule has 3 aromatic carbocycles. The Bertz CT molecular complexity index is 1010. The number of amides is 3. The van der Waals surface area contributed by atoms with Crippen molar-refractivity contribution in [2.45, 2.75) is 32.9 Å². The summed E-state index contributed by atoms with van der Waals surface area (Å²) in [6, 6.07) is 25.9. The van der Waals surface area contributed by atoms with Crippen LogP contribution >= 0.6 is 0 Å². The highest BCUT2D eigenvalue weighted by atomic mass is 16.2. The van der Waals surface area contributed by atoms with Crippen LogP contribution in [-0.4, -0.2) is 18.0 Å². The molecule has 0 radical (unpaired) electrons. The van der Waals surface area contributed by atoms with E-state index in [0.717, 1.165) is 5.69 Å². The zero-order chi connectivity index (χ0) is 22.9. The molecule has 0 aliphatic carbocycles. The Labute approximate surface area is 189 Å². The van der Waals surface area contributed by atoms with Crippen LogP contribution in [0.1, 0.15) is 32.4 Å². The largest absolute Gasteiger partial charge is 0.379 e. The van der Waals surface area contributed by atoms with Crippen molar-refractivity contribution in [1.82, 2.24) is 5.32 Å². The summed E-state index contributed by atoms with van der Waals surface area (Å²) in [4.78, 5) is 25.2. The van der Waals surface area contributed by atoms with Gasteiger partial charge in [0.15, 0.2) is 0 Å². The molecule has 2 atom stereocenters. The van der Waals surface area contributed by atoms with Crippen LogP contribution in [0.15, 0.2) is 84.9 Å². The standard InChI is InChI=1S/C26H30N4O2/c1-18(2)24(30-26(32)29-21-12-8-5-9-13-21)25(31)28-23-16-14-22(15-17-23)27-19(3)20-10-6-4-7-11-20/h4-19,24,27H,1-3H3,(H,28,31)(H2,29,30,32). The fourth-order valence-electron chi connectivity index (χ4n) is 3.31. The molecular weight excluding hydrogens is 400 g/mol. The Kier molecular flexibility index (Phi) is 7.86. The average molecular weight is 431 g/mol. The number of benzene rings is 3. The molecule has 166 valence electrons. The smallest absolute Gasteiger partial charge is 0.319 e. The first-order valence-corrected chi connectivity index (χ1v) is 10.8. The van der Waals surface area contributed by atoms with Crippen LogP contribution in [0.5, 0.6) is 0 Å². The Morgan fingerprint density at radius 3 is 1.78 bits per heavy atom. The predicted octanol–water partition coefficient (Wildman–Crippen LogP) is 5.64. The highest BCUT2D eigenvalue weighted by Gasteiger charge is 2.24. The number of hydrogen-bond donors (Lipinski definition) is 4. The lowest BCUT2D eigenvalue weighted by atomic mass is 10.0. The summed E-state index contributed by atoms with van der Waals surface area (Å²) in [7, 11) is 0. The average Bonchev–Trinajstić information content (AvgIpc) is 2.79. The lowest BCUT2D eigenvalue weighted by Gasteiger charge is -2.22. The van der Waals surface area contributed by atoms with Crippen molar-refractivity contribution < 1.29 is 9.59 Å². The number of carbonyl (C=O) groups excluding carboxylic acids is 2. The van der Waals surface area contributed by atoms with Gasteiger partial charge in [-0.05, 0) is 54.8 Å². The maximum atomic E-state index is 12.8. The molecule has 0 saturated carbocycles. The SMILES string of the molecule is CC(Nc1ccc(NC(=O)C(NC(=O)Nc2ccccc2)C(C)C)cc1)c1ccccc1. The fraction of sp³-hybridized carbons (Fsp3) is 0.231. The molecule has 6 nitrogen and oxygen atoms in total. The maximum absolute atomic E-state index is 12.8. The first-order valence-electron chi connectivity index (χ1n) is 10.8. The quantitative estimate of drug-likeness (QED) is 0.373. The third-order valence-electron chi connectivity index (χ3n) is 5.10. The molecular formula is C26H30N4O2. The van der Waals surface area contributed by atoms with Gasteiger partial charge in [0.1, 0.15) is 6.04 Å². The van der Waals surface area contributed by atoms with E-state index in [1.165, 1.54) is 5.56 Å². The summed E-state index contributed by atoms with van der Waals surface area (Å²) in [5, 5.41) is 11.9. The van der Waals surface area contributed by atoms with Gasteiger partial charge >= 0.3 is 6.03 Å². The molecule has 0 fully saturated rings. The molecule has 0 bridgehead atoms. The summed E-state index contributed by atoms with van der Waals surface area (Å²) in [6.45, 7) is 5.89. The number of nitrogens with one attached hydrogen (secondary N) is 4. The van der Waals surface area contributed by atoms with Crippen molar-refractivity contribution in [3.8, 4) is 0 Å². The molecule has 0 spiro atoms. The molecule has 3 rings (SSSR count). The molecule has 4 N–H and O–H groups in total. The van der Waals surface area contributed by atoms with E-state index >= 15 is 0 Å². The van der Waals surface area contributed by atoms with E-state index in [9.17, 15) is 9.59 Å². The minimum absolute atomic E-state index is 0.0795. The lowest BCUT2D eigenvalue weighted by molar-refractivity contribution is -0.118. The highest BCUT2D eigenvalue weighted by Crippen LogP contribution is 2.21. The van der Waals surface area contributed by atoms with E-state index in [-0.39, 0.29) is 17.9 Å². The number of carbonyl (C=O) groups is 2. The van der Waals surface area contributed by atoms with Gasteiger partial charge in [-0.25, -0.2) is 4.79 Å². The second-order valence-electron chi connectivity index (χ2n) is 8.03. The predicted molar refractivity (Wildman–Crippen MR) is 131 cm³/mol. The third kappa shape index (κ3) is 6.60. The van der Waals surface area contributed by atoms with Crippen LogP contribution in [0.3, 0.4) is 0 Å². The molecule has 0 heterocycles. The Balaban J connectivity index is 1.57. The van der Waals surface area contributed by atoms with Crippen molar-refractivity contribution in [2.75, 3.05) is 16.0 Å². The summed E-state index contributed by atoms with van der Waals surface area (Å²) in [5.41, 5.74) is 3.49. The van der Waals surface area contributed by atoms with Gasteiger partial charge in [0.25, 0.3) is 0 Å². The van der Waals surface area contributed by atoms with E-state index in [4.69, 9.17) is 0 Å². The summed E-state index contributed by atoms with van der Waals surface area (Å²) >= 11 is 0. The van der Waals surface area contributed by atoms with Crippen LogP contribution in [0.4, 0.5) is 21.9 Å². The topological polar surface area (TPSA) is 82.3 Å². The minimum atomic E-state index is -0.672. The summed E-state index contributed by atoms with van der Waals surface area (Å²) < 4.78 is 0. The molecule has 32 heavy (non-hydrogen) atoms. The van der Waals surface area contributed by atoms with Crippen LogP contribution in [-0.2, 0) is 4.79 Å². The van der Waals surface area contributed by atoms with Gasteiger partial charge in [0, 0.05) is 23.1 Å². The van der Waals surface area contributed by atoms with Crippen molar-refractivity contribution in [1.29, 1.82) is 0 Å². The second kappa shape index (κ2) is 11.0. The van der Waals surface area contributed by atoms with Crippen LogP contribution in [0.25, 0.3) is 0 Å². The van der Waals surface area contributed by atoms with Crippen molar-refractivity contribution in [3.05, 3.63) is 90.5 Å². The Hall–Kier alpha value is -3.80. The number of urea groups is 1. The molecule has 2 unspecified atom stereocenters. The number of rotatable bonds is 8. The van der Waals surface area contributed by atoms with Crippen molar-refractivity contribution in [2.24, 2.45) is 5.92 Å². The fourth-order valence-corrected chi connectivity index (χ4v) is 3.31. The molecule has 3 aromatic rings. The molecule has 0 aliphatic heterocycles. The van der Waals surface area contributed by atoms with E-state index in [1.54, 1.807) is 12.1 Å². The maximum Gasteiger partial charge on any atom is 0.319 e. The Morgan fingerprint density at radius 1 is 0.656 bits per heavy atom. The van der Waals surface area contributed by atoms with Crippen molar-refractivity contribution >= 4 is 29.0 Å². The third-order valence-corrected chi connectivity index (χ3v) is 5.10. The zero-order valence-electron chi connectivity index (χ0n) is 18.6. The lowest BCUT2D eigenvalue weighted by Crippen LogP contribution is -2.48. The van der Waals surface area contributed by atoms with Gasteiger partial charge in [0.05, 0.1) is 0 Å². The highest BCUT2D eigenvalue weighted by molar-refractivity contribution is 5.99. The van der Waals surface area contributed by atoms with Crippen LogP contribution in [0.2, 0.25) is 0 Å². The van der Waals surface area contributed by atoms with Crippen LogP contribution in [0, 0.1) is 5.92 Å². The van der Waals surface area contributed by atoms with Gasteiger partial charge in [-0.15, -0.1) is 0 Å². The molecule has 6 heteroatoms. The number of para-hydroxylation sites is 1. The number of anilines is 3. The summed E-state index contributed by atoms with van der Waals surface area (Å²) in [5.74, 6) is -0.342. The van der Waals surface area contributed by atoms with E-state index in [2.05, 4.69) is 40.3 Å². The Morgan fingerprint density at radius 2 is 1.19 bits per heavy atom. The molecule has 3 amide bonds. The summed E-state index contributed by atoms with van der Waals surface area (Å²) in [6.07, 6.45) is 0. The molecule has 0 aromatic heterocycles. The second-order valence-corrected chi connectivity index (χ2v) is 8.03. The first kappa shape index (κ1) is 22.9. The normalized spacial score (nSPS) is 12.5. The zero-order valence-corrected chi connectivity index (χ0v) is 18.6. The van der Waals surface area contributed by atoms with Gasteiger partial charge < -0.3 is 21.3 Å². The van der Waals surface area contributed by atoms with E-state index < -0.39 is 12.1 Å². The van der Waals surface area contributed by atoms with E-state index in [1.807, 2.05) is 74.5 Å². The van der Waals surface area contributed by atoms with Gasteiger partial charge in [0.2, 0.25) is 5.91 Å². The van der Waals surface area contributed by atoms with Gasteiger partial charge in [-0.3, -0.25) is 4.79 Å². The van der Waals surface area contributed by atoms with Crippen LogP contribution < -0.4 is 21.3 Å².